The molecule has 82 valence electrons. The van der Waals surface area contributed by atoms with Crippen LogP contribution < -0.4 is 0 Å². The van der Waals surface area contributed by atoms with E-state index < -0.39 is 0 Å². The standard InChI is InChI=1S/C11H21NO2/c1-7-9-6-14-5-8(9)4-10(11(7)13)12(2)3/h7-11,13H,4-6H2,1-3H3/t7-,8-,9+,10+,11-/m0/s1. The maximum Gasteiger partial charge on any atom is 0.0724 e. The summed E-state index contributed by atoms with van der Waals surface area (Å²) >= 11 is 0. The second-order valence-corrected chi connectivity index (χ2v) is 5.08. The highest BCUT2D eigenvalue weighted by Crippen LogP contribution is 2.40. The summed E-state index contributed by atoms with van der Waals surface area (Å²) in [5, 5.41) is 10.2. The van der Waals surface area contributed by atoms with E-state index >= 15 is 0 Å². The summed E-state index contributed by atoms with van der Waals surface area (Å²) < 4.78 is 5.51. The molecular formula is C11H21NO2. The highest BCUT2D eigenvalue weighted by atomic mass is 16.5. The van der Waals surface area contributed by atoms with Crippen molar-refractivity contribution in [1.82, 2.24) is 4.90 Å². The Labute approximate surface area is 86.0 Å². The van der Waals surface area contributed by atoms with Crippen molar-refractivity contribution in [2.75, 3.05) is 27.3 Å². The van der Waals surface area contributed by atoms with E-state index in [-0.39, 0.29) is 6.10 Å². The minimum atomic E-state index is -0.187. The van der Waals surface area contributed by atoms with Crippen molar-refractivity contribution in [2.24, 2.45) is 17.8 Å². The maximum atomic E-state index is 10.2. The number of fused-ring (bicyclic) bond motifs is 1. The van der Waals surface area contributed by atoms with Crippen LogP contribution in [0.15, 0.2) is 0 Å². The van der Waals surface area contributed by atoms with Gasteiger partial charge in [-0.2, -0.15) is 0 Å². The molecule has 1 saturated carbocycles. The lowest BCUT2D eigenvalue weighted by molar-refractivity contribution is -0.0341. The van der Waals surface area contributed by atoms with E-state index in [0.29, 0.717) is 23.8 Å². The van der Waals surface area contributed by atoms with Gasteiger partial charge in [0.05, 0.1) is 12.7 Å². The normalized spacial score (nSPS) is 48.2. The molecule has 3 nitrogen and oxygen atoms in total. The number of likely N-dealkylation sites (N-methyl/N-ethyl adjacent to an activating group) is 1. The molecule has 0 spiro atoms. The van der Waals surface area contributed by atoms with Gasteiger partial charge >= 0.3 is 0 Å². The molecule has 0 bridgehead atoms. The Morgan fingerprint density at radius 2 is 2.00 bits per heavy atom. The lowest BCUT2D eigenvalue weighted by Crippen LogP contribution is -2.51. The fraction of sp³-hybridized carbons (Fsp3) is 1.00. The molecule has 1 heterocycles. The predicted molar refractivity (Wildman–Crippen MR) is 55.1 cm³/mol. The Morgan fingerprint density at radius 3 is 2.64 bits per heavy atom. The topological polar surface area (TPSA) is 32.7 Å². The molecule has 2 aliphatic rings. The van der Waals surface area contributed by atoms with Crippen molar-refractivity contribution in [1.29, 1.82) is 0 Å². The van der Waals surface area contributed by atoms with E-state index in [2.05, 4.69) is 25.9 Å². The van der Waals surface area contributed by atoms with Gasteiger partial charge in [-0.1, -0.05) is 6.92 Å². The summed E-state index contributed by atoms with van der Waals surface area (Å²) in [4.78, 5) is 2.15. The molecule has 0 aromatic carbocycles. The fourth-order valence-electron chi connectivity index (χ4n) is 3.01. The van der Waals surface area contributed by atoms with Crippen LogP contribution in [0.1, 0.15) is 13.3 Å². The highest BCUT2D eigenvalue weighted by molar-refractivity contribution is 4.95. The summed E-state index contributed by atoms with van der Waals surface area (Å²) in [6, 6.07) is 0.313. The summed E-state index contributed by atoms with van der Waals surface area (Å²) in [5.41, 5.74) is 0. The molecule has 0 unspecified atom stereocenters. The molecule has 0 aromatic heterocycles. The molecule has 1 aliphatic heterocycles. The Bertz CT molecular complexity index is 205. The zero-order chi connectivity index (χ0) is 10.3. The van der Waals surface area contributed by atoms with E-state index in [4.69, 9.17) is 4.74 Å². The van der Waals surface area contributed by atoms with E-state index in [1.165, 1.54) is 0 Å². The van der Waals surface area contributed by atoms with Crippen LogP contribution in [0.4, 0.5) is 0 Å². The van der Waals surface area contributed by atoms with Crippen LogP contribution in [0.2, 0.25) is 0 Å². The number of rotatable bonds is 1. The monoisotopic (exact) mass is 199 g/mol. The first-order valence-electron chi connectivity index (χ1n) is 5.53. The molecule has 0 amide bonds. The Morgan fingerprint density at radius 1 is 1.29 bits per heavy atom. The first kappa shape index (κ1) is 10.4. The van der Waals surface area contributed by atoms with Gasteiger partial charge in [0.1, 0.15) is 0 Å². The van der Waals surface area contributed by atoms with Crippen molar-refractivity contribution in [2.45, 2.75) is 25.5 Å². The third-order valence-corrected chi connectivity index (χ3v) is 4.06. The van der Waals surface area contributed by atoms with Crippen LogP contribution in [-0.2, 0) is 4.74 Å². The average molecular weight is 199 g/mol. The smallest absolute Gasteiger partial charge is 0.0724 e. The lowest BCUT2D eigenvalue weighted by Gasteiger charge is -2.42. The van der Waals surface area contributed by atoms with Crippen LogP contribution in [0, 0.1) is 17.8 Å². The van der Waals surface area contributed by atoms with Crippen molar-refractivity contribution < 1.29 is 9.84 Å². The van der Waals surface area contributed by atoms with Gasteiger partial charge in [0, 0.05) is 12.6 Å². The van der Waals surface area contributed by atoms with Gasteiger partial charge in [-0.05, 0) is 38.3 Å². The first-order chi connectivity index (χ1) is 6.61. The minimum absolute atomic E-state index is 0.187. The van der Waals surface area contributed by atoms with E-state index in [1.54, 1.807) is 0 Å². The lowest BCUT2D eigenvalue weighted by atomic mass is 9.70. The summed E-state index contributed by atoms with van der Waals surface area (Å²) in [6.07, 6.45) is 0.899. The largest absolute Gasteiger partial charge is 0.391 e. The SMILES string of the molecule is C[C@@H]1[C@H](O)[C@H](N(C)C)C[C@H]2COC[C@@H]21. The molecule has 1 N–H and O–H groups in total. The molecule has 5 atom stereocenters. The molecule has 14 heavy (non-hydrogen) atoms. The van der Waals surface area contributed by atoms with Gasteiger partial charge in [-0.25, -0.2) is 0 Å². The fourth-order valence-corrected chi connectivity index (χ4v) is 3.01. The molecule has 0 aromatic rings. The predicted octanol–water partition coefficient (Wildman–Crippen LogP) is 0.580. The molecule has 1 saturated heterocycles. The van der Waals surface area contributed by atoms with Crippen LogP contribution in [0.3, 0.4) is 0 Å². The quantitative estimate of drug-likeness (QED) is 0.670. The number of ether oxygens (including phenoxy) is 1. The number of hydrogen-bond donors (Lipinski definition) is 1. The van der Waals surface area contributed by atoms with Crippen molar-refractivity contribution in [3.63, 3.8) is 0 Å². The van der Waals surface area contributed by atoms with Crippen molar-refractivity contribution in [3.05, 3.63) is 0 Å². The van der Waals surface area contributed by atoms with E-state index in [0.717, 1.165) is 19.6 Å². The van der Waals surface area contributed by atoms with Gasteiger partial charge in [0.25, 0.3) is 0 Å². The summed E-state index contributed by atoms with van der Waals surface area (Å²) in [6.45, 7) is 3.90. The minimum Gasteiger partial charge on any atom is -0.391 e. The van der Waals surface area contributed by atoms with Crippen LogP contribution >= 0.6 is 0 Å². The highest BCUT2D eigenvalue weighted by Gasteiger charge is 2.44. The number of hydrogen-bond acceptors (Lipinski definition) is 3. The molecule has 3 heteroatoms. The zero-order valence-corrected chi connectivity index (χ0v) is 9.31. The maximum absolute atomic E-state index is 10.2. The molecule has 2 fully saturated rings. The van der Waals surface area contributed by atoms with Gasteiger partial charge in [-0.15, -0.1) is 0 Å². The summed E-state index contributed by atoms with van der Waals surface area (Å²) in [7, 11) is 4.10. The average Bonchev–Trinajstić information content (AvgIpc) is 2.58. The first-order valence-corrected chi connectivity index (χ1v) is 5.53. The molecular weight excluding hydrogens is 178 g/mol. The van der Waals surface area contributed by atoms with Gasteiger partial charge < -0.3 is 14.7 Å². The van der Waals surface area contributed by atoms with Crippen LogP contribution in [0.5, 0.6) is 0 Å². The third-order valence-electron chi connectivity index (χ3n) is 4.06. The van der Waals surface area contributed by atoms with Crippen LogP contribution in [0.25, 0.3) is 0 Å². The Balaban J connectivity index is 2.11. The zero-order valence-electron chi connectivity index (χ0n) is 9.31. The molecule has 1 aliphatic carbocycles. The Hall–Kier alpha value is -0.120. The molecule has 2 rings (SSSR count). The van der Waals surface area contributed by atoms with E-state index in [9.17, 15) is 5.11 Å². The Kier molecular flexibility index (Phi) is 2.82. The van der Waals surface area contributed by atoms with Gasteiger partial charge in [-0.3, -0.25) is 0 Å². The van der Waals surface area contributed by atoms with Crippen molar-refractivity contribution in [3.8, 4) is 0 Å². The second kappa shape index (κ2) is 3.80. The molecule has 0 radical (unpaired) electrons. The third kappa shape index (κ3) is 1.58. The van der Waals surface area contributed by atoms with Crippen molar-refractivity contribution >= 4 is 0 Å². The number of aliphatic hydroxyl groups excluding tert-OH is 1. The number of nitrogens with zero attached hydrogens (tertiary/aromatic N) is 1. The van der Waals surface area contributed by atoms with E-state index in [1.807, 2.05) is 0 Å². The number of aliphatic hydroxyl groups is 1. The van der Waals surface area contributed by atoms with Gasteiger partial charge in [0.15, 0.2) is 0 Å². The van der Waals surface area contributed by atoms with Gasteiger partial charge in [0.2, 0.25) is 0 Å². The second-order valence-electron chi connectivity index (χ2n) is 5.08. The van der Waals surface area contributed by atoms with Crippen LogP contribution in [-0.4, -0.2) is 49.5 Å². The summed E-state index contributed by atoms with van der Waals surface area (Å²) in [5.74, 6) is 1.63.